The Hall–Kier alpha value is -5.86. The van der Waals surface area contributed by atoms with Gasteiger partial charge in [0, 0.05) is 56.8 Å². The summed E-state index contributed by atoms with van der Waals surface area (Å²) in [5, 5.41) is 23.6. The highest BCUT2D eigenvalue weighted by Crippen LogP contribution is 2.22. The van der Waals surface area contributed by atoms with E-state index in [2.05, 4.69) is 39.3 Å². The van der Waals surface area contributed by atoms with Crippen LogP contribution in [0.4, 0.5) is 11.4 Å². The number of rotatable bonds is 20. The molecule has 0 fully saturated rings. The summed E-state index contributed by atoms with van der Waals surface area (Å²) >= 11 is 6.17. The summed E-state index contributed by atoms with van der Waals surface area (Å²) in [4.78, 5) is 73.1. The molecule has 4 rings (SSSR count). The van der Waals surface area contributed by atoms with Gasteiger partial charge >= 0.3 is 11.9 Å². The predicted octanol–water partition coefficient (Wildman–Crippen LogP) is 6.27. The van der Waals surface area contributed by atoms with Crippen LogP contribution in [-0.2, 0) is 22.6 Å². The molecule has 0 aliphatic rings. The quantitative estimate of drug-likeness (QED) is 0.0741. The van der Waals surface area contributed by atoms with Crippen molar-refractivity contribution in [3.8, 4) is 5.75 Å². The Morgan fingerprint density at radius 2 is 1.60 bits per heavy atom. The molecule has 0 saturated heterocycles. The first-order valence-electron chi connectivity index (χ1n) is 17.9. The molecular weight excluding hydrogens is 728 g/mol. The average molecular weight is 773 g/mol. The van der Waals surface area contributed by atoms with E-state index in [0.717, 1.165) is 24.0 Å². The van der Waals surface area contributed by atoms with Crippen molar-refractivity contribution in [3.05, 3.63) is 112 Å². The summed E-state index contributed by atoms with van der Waals surface area (Å²) in [5.74, 6) is -2.93. The summed E-state index contributed by atoms with van der Waals surface area (Å²) in [6, 6.07) is 20.4. The molecule has 0 saturated carbocycles. The van der Waals surface area contributed by atoms with Crippen LogP contribution in [0, 0.1) is 0 Å². The molecule has 15 heteroatoms. The first-order chi connectivity index (χ1) is 26.4. The van der Waals surface area contributed by atoms with Crippen molar-refractivity contribution in [2.45, 2.75) is 58.5 Å². The number of hydrogen-bond donors (Lipinski definition) is 4. The van der Waals surface area contributed by atoms with Crippen molar-refractivity contribution < 1.29 is 38.9 Å². The number of halogens is 1. The zero-order valence-corrected chi connectivity index (χ0v) is 31.7. The van der Waals surface area contributed by atoms with E-state index in [9.17, 15) is 24.0 Å². The van der Waals surface area contributed by atoms with Crippen LogP contribution >= 0.6 is 11.6 Å². The number of likely N-dealkylation sites (N-methyl/N-ethyl adjacent to an activating group) is 1. The van der Waals surface area contributed by atoms with Gasteiger partial charge in [-0.15, -0.1) is 0 Å². The van der Waals surface area contributed by atoms with E-state index < -0.39 is 23.8 Å². The fourth-order valence-electron chi connectivity index (χ4n) is 5.78. The molecule has 0 radical (unpaired) electrons. The van der Waals surface area contributed by atoms with Crippen LogP contribution in [0.15, 0.2) is 79.0 Å². The molecule has 0 atom stereocenters. The van der Waals surface area contributed by atoms with Crippen LogP contribution in [0.2, 0.25) is 5.15 Å². The number of aromatic nitrogens is 2. The third kappa shape index (κ3) is 12.9. The summed E-state index contributed by atoms with van der Waals surface area (Å²) < 4.78 is 5.66. The van der Waals surface area contributed by atoms with E-state index in [1.54, 1.807) is 48.3 Å². The maximum absolute atomic E-state index is 13.5. The minimum absolute atomic E-state index is 0.0551. The van der Waals surface area contributed by atoms with Crippen molar-refractivity contribution in [1.29, 1.82) is 0 Å². The van der Waals surface area contributed by atoms with Crippen LogP contribution in [0.5, 0.6) is 5.75 Å². The summed E-state index contributed by atoms with van der Waals surface area (Å²) in [7, 11) is 1.67. The molecule has 55 heavy (non-hydrogen) atoms. The maximum atomic E-state index is 13.5. The number of nitrogens with one attached hydrogen (secondary N) is 2. The highest BCUT2D eigenvalue weighted by molar-refractivity contribution is 6.29. The number of pyridine rings is 2. The number of nitrogens with zero attached hydrogens (tertiary/aromatic N) is 4. The second kappa shape index (κ2) is 20.6. The molecule has 2 aromatic carbocycles. The zero-order chi connectivity index (χ0) is 39.9. The van der Waals surface area contributed by atoms with Gasteiger partial charge in [0.05, 0.1) is 24.9 Å². The summed E-state index contributed by atoms with van der Waals surface area (Å²) in [6.45, 7) is 6.03. The van der Waals surface area contributed by atoms with Gasteiger partial charge in [0.15, 0.2) is 5.69 Å². The molecule has 0 aliphatic heterocycles. The number of carbonyl (C=O) groups is 5. The molecule has 290 valence electrons. The van der Waals surface area contributed by atoms with Crippen LogP contribution in [0.3, 0.4) is 0 Å². The normalized spacial score (nSPS) is 10.9. The lowest BCUT2D eigenvalue weighted by molar-refractivity contribution is -0.140. The van der Waals surface area contributed by atoms with Gasteiger partial charge in [-0.05, 0) is 72.5 Å². The Morgan fingerprint density at radius 1 is 0.855 bits per heavy atom. The number of ether oxygens (including phenoxy) is 1. The van der Waals surface area contributed by atoms with E-state index in [1.165, 1.54) is 24.4 Å². The van der Waals surface area contributed by atoms with Crippen molar-refractivity contribution in [2.75, 3.05) is 37.4 Å². The van der Waals surface area contributed by atoms with Crippen molar-refractivity contribution >= 4 is 52.6 Å². The van der Waals surface area contributed by atoms with Gasteiger partial charge in [0.1, 0.15) is 16.6 Å². The lowest BCUT2D eigenvalue weighted by atomic mass is 10.1. The number of hydrogen-bond acceptors (Lipinski definition) is 9. The Kier molecular flexibility index (Phi) is 15.7. The van der Waals surface area contributed by atoms with Gasteiger partial charge in [-0.1, -0.05) is 49.7 Å². The number of benzene rings is 2. The third-order valence-corrected chi connectivity index (χ3v) is 9.10. The number of carboxylic acids is 2. The molecule has 4 N–H and O–H groups in total. The number of amides is 3. The van der Waals surface area contributed by atoms with Gasteiger partial charge in [-0.3, -0.25) is 24.1 Å². The topological polar surface area (TPSA) is 191 Å². The van der Waals surface area contributed by atoms with E-state index >= 15 is 0 Å². The molecule has 0 unspecified atom stereocenters. The number of carboxylic acid groups (broad SMARTS) is 2. The van der Waals surface area contributed by atoms with Gasteiger partial charge in [-0.2, -0.15) is 0 Å². The first kappa shape index (κ1) is 41.9. The van der Waals surface area contributed by atoms with Crippen molar-refractivity contribution in [3.63, 3.8) is 0 Å². The van der Waals surface area contributed by atoms with Crippen LogP contribution < -0.4 is 15.4 Å². The molecular formula is C40H45ClN6O8. The van der Waals surface area contributed by atoms with Crippen molar-refractivity contribution in [1.82, 2.24) is 19.8 Å². The largest absolute Gasteiger partial charge is 0.492 e. The highest BCUT2D eigenvalue weighted by atomic mass is 35.5. The number of aliphatic carboxylic acids is 1. The van der Waals surface area contributed by atoms with E-state index in [-0.39, 0.29) is 47.0 Å². The van der Waals surface area contributed by atoms with Gasteiger partial charge < -0.3 is 30.5 Å². The summed E-state index contributed by atoms with van der Waals surface area (Å²) in [5.41, 5.74) is 2.71. The van der Waals surface area contributed by atoms with E-state index in [4.69, 9.17) is 26.6 Å². The SMILES string of the molecule is CCC(CC)N(CCN(C)C(=O)CCC(=O)O)Cc1cccc(C(=O)Nc2ccc(Cl)nc2C(=O)Nc2ccc(CCOc3ccc(C(=O)O)nc3)cc2)c1. The fourth-order valence-corrected chi connectivity index (χ4v) is 5.92. The van der Waals surface area contributed by atoms with Gasteiger partial charge in [-0.25, -0.2) is 14.8 Å². The number of aromatic carboxylic acids is 1. The lowest BCUT2D eigenvalue weighted by Crippen LogP contribution is -2.41. The van der Waals surface area contributed by atoms with Crippen molar-refractivity contribution in [2.24, 2.45) is 0 Å². The molecule has 2 aromatic heterocycles. The van der Waals surface area contributed by atoms with Gasteiger partial charge in [0.2, 0.25) is 5.91 Å². The standard InChI is InChI=1S/C40H45ClN6O8/c1-4-30(5-2)47(21-20-46(3)35(48)17-18-36(49)50)25-27-7-6-8-28(23-27)38(51)44-32-15-16-34(41)45-37(32)39(52)43-29-11-9-26(10-12-29)19-22-55-31-13-14-33(40(53)54)42-24-31/h6-16,23-24,30H,4-5,17-22,25H2,1-3H3,(H,43,52)(H,44,51)(H,49,50)(H,53,54). The summed E-state index contributed by atoms with van der Waals surface area (Å²) in [6.07, 6.45) is 3.40. The number of carbonyl (C=O) groups excluding carboxylic acids is 3. The Balaban J connectivity index is 1.37. The minimum atomic E-state index is -1.12. The molecule has 14 nitrogen and oxygen atoms in total. The Bertz CT molecular complexity index is 1950. The third-order valence-electron chi connectivity index (χ3n) is 8.89. The average Bonchev–Trinajstić information content (AvgIpc) is 3.17. The highest BCUT2D eigenvalue weighted by Gasteiger charge is 2.21. The molecule has 2 heterocycles. The molecule has 4 aromatic rings. The van der Waals surface area contributed by atoms with Crippen LogP contribution in [0.25, 0.3) is 0 Å². The first-order valence-corrected chi connectivity index (χ1v) is 18.2. The predicted molar refractivity (Wildman–Crippen MR) is 208 cm³/mol. The second-order valence-electron chi connectivity index (χ2n) is 12.8. The van der Waals surface area contributed by atoms with E-state index in [0.29, 0.717) is 49.7 Å². The maximum Gasteiger partial charge on any atom is 0.354 e. The van der Waals surface area contributed by atoms with Gasteiger partial charge in [0.25, 0.3) is 11.8 Å². The fraction of sp³-hybridized carbons (Fsp3) is 0.325. The smallest absolute Gasteiger partial charge is 0.354 e. The van der Waals surface area contributed by atoms with Crippen LogP contribution in [0.1, 0.15) is 82.0 Å². The van der Waals surface area contributed by atoms with E-state index in [1.807, 2.05) is 18.2 Å². The molecule has 3 amide bonds. The Labute approximate surface area is 324 Å². The minimum Gasteiger partial charge on any atom is -0.492 e. The molecule has 0 bridgehead atoms. The monoisotopic (exact) mass is 772 g/mol. The Morgan fingerprint density at radius 3 is 2.25 bits per heavy atom. The van der Waals surface area contributed by atoms with Crippen LogP contribution in [-0.4, -0.2) is 92.4 Å². The second-order valence-corrected chi connectivity index (χ2v) is 13.2. The lowest BCUT2D eigenvalue weighted by Gasteiger charge is -2.32. The zero-order valence-electron chi connectivity index (χ0n) is 31.0. The molecule has 0 aliphatic carbocycles. The molecule has 0 spiro atoms. The number of anilines is 2.